The molecule has 5 nitrogen and oxygen atoms in total. The summed E-state index contributed by atoms with van der Waals surface area (Å²) in [6.07, 6.45) is 5.19. The highest BCUT2D eigenvalue weighted by Crippen LogP contribution is 1.94. The van der Waals surface area contributed by atoms with E-state index in [0.29, 0.717) is 0 Å². The average molecular weight is 232 g/mol. The summed E-state index contributed by atoms with van der Waals surface area (Å²) in [5.74, 6) is 0. The predicted octanol–water partition coefficient (Wildman–Crippen LogP) is 1.33. The van der Waals surface area contributed by atoms with Crippen molar-refractivity contribution in [1.82, 2.24) is 10.6 Å². The summed E-state index contributed by atoms with van der Waals surface area (Å²) in [6.45, 7) is 3.68. The lowest BCUT2D eigenvalue weighted by Crippen LogP contribution is -2.20. The second kappa shape index (κ2) is 16.3. The molecule has 0 unspecified atom stereocenters. The second-order valence-corrected chi connectivity index (χ2v) is 3.25. The Balaban J connectivity index is 0. The number of unbranched alkanes of at least 4 members (excludes halogenated alkanes) is 3. The van der Waals surface area contributed by atoms with Gasteiger partial charge in [-0.15, -0.1) is 0 Å². The molecule has 1 rings (SSSR count). The first kappa shape index (κ1) is 17.3. The maximum absolute atomic E-state index is 10.0. The van der Waals surface area contributed by atoms with Crippen molar-refractivity contribution in [1.29, 1.82) is 0 Å². The predicted molar refractivity (Wildman–Crippen MR) is 64.5 cm³/mol. The van der Waals surface area contributed by atoms with Gasteiger partial charge < -0.3 is 20.2 Å². The average Bonchev–Trinajstić information content (AvgIpc) is 2.72. The molecule has 0 radical (unpaired) electrons. The first-order valence-electron chi connectivity index (χ1n) is 5.58. The van der Waals surface area contributed by atoms with Gasteiger partial charge in [0.1, 0.15) is 6.29 Å². The molecule has 0 spiro atoms. The van der Waals surface area contributed by atoms with Crippen LogP contribution in [0.25, 0.3) is 0 Å². The highest BCUT2D eigenvalue weighted by molar-refractivity contribution is 5.75. The van der Waals surface area contributed by atoms with Crippen LogP contribution >= 0.6 is 0 Å². The van der Waals surface area contributed by atoms with E-state index >= 15 is 0 Å². The third-order valence-electron chi connectivity index (χ3n) is 1.62. The molecule has 1 heterocycles. The SMILES string of the molecule is CCCCCC=O.COC.O=C1NCCN1. The quantitative estimate of drug-likeness (QED) is 0.567. The van der Waals surface area contributed by atoms with Crippen molar-refractivity contribution in [2.45, 2.75) is 32.6 Å². The lowest BCUT2D eigenvalue weighted by Gasteiger charge is -1.85. The van der Waals surface area contributed by atoms with Crippen LogP contribution in [0.4, 0.5) is 4.79 Å². The van der Waals surface area contributed by atoms with Crippen molar-refractivity contribution in [3.05, 3.63) is 0 Å². The van der Waals surface area contributed by atoms with Gasteiger partial charge in [0.05, 0.1) is 0 Å². The summed E-state index contributed by atoms with van der Waals surface area (Å²) >= 11 is 0. The van der Waals surface area contributed by atoms with Gasteiger partial charge in [0, 0.05) is 33.7 Å². The summed E-state index contributed by atoms with van der Waals surface area (Å²) in [6, 6.07) is -0.0463. The number of carbonyl (C=O) groups is 2. The fourth-order valence-electron chi connectivity index (χ4n) is 0.892. The fourth-order valence-corrected chi connectivity index (χ4v) is 0.892. The number of methoxy groups -OCH3 is 1. The Hall–Kier alpha value is -1.10. The Labute approximate surface area is 97.9 Å². The molecule has 0 aliphatic carbocycles. The number of carbonyl (C=O) groups excluding carboxylic acids is 2. The van der Waals surface area contributed by atoms with Crippen LogP contribution in [-0.4, -0.2) is 39.6 Å². The minimum Gasteiger partial charge on any atom is -0.388 e. The van der Waals surface area contributed by atoms with E-state index in [1.54, 1.807) is 14.2 Å². The van der Waals surface area contributed by atoms with E-state index in [-0.39, 0.29) is 6.03 Å². The Morgan fingerprint density at radius 1 is 1.25 bits per heavy atom. The maximum atomic E-state index is 10.0. The van der Waals surface area contributed by atoms with Crippen LogP contribution in [0.15, 0.2) is 0 Å². The zero-order valence-electron chi connectivity index (χ0n) is 10.5. The molecule has 0 saturated carbocycles. The van der Waals surface area contributed by atoms with E-state index in [1.165, 1.54) is 12.8 Å². The molecule has 0 aromatic carbocycles. The molecule has 2 N–H and O–H groups in total. The lowest BCUT2D eigenvalue weighted by molar-refractivity contribution is -0.107. The summed E-state index contributed by atoms with van der Waals surface area (Å²) < 4.78 is 4.25. The van der Waals surface area contributed by atoms with Gasteiger partial charge in [0.25, 0.3) is 0 Å². The molecule has 1 aliphatic heterocycles. The van der Waals surface area contributed by atoms with E-state index in [0.717, 1.165) is 32.2 Å². The van der Waals surface area contributed by atoms with Crippen LogP contribution in [0.5, 0.6) is 0 Å². The number of aldehydes is 1. The van der Waals surface area contributed by atoms with Crippen molar-refractivity contribution in [2.24, 2.45) is 0 Å². The maximum Gasteiger partial charge on any atom is 0.314 e. The molecular formula is C11H24N2O3. The molecular weight excluding hydrogens is 208 g/mol. The van der Waals surface area contributed by atoms with Gasteiger partial charge in [-0.1, -0.05) is 19.8 Å². The summed E-state index contributed by atoms with van der Waals surface area (Å²) in [4.78, 5) is 19.7. The molecule has 2 amide bonds. The van der Waals surface area contributed by atoms with Crippen LogP contribution in [0.3, 0.4) is 0 Å². The van der Waals surface area contributed by atoms with Gasteiger partial charge in [-0.3, -0.25) is 0 Å². The van der Waals surface area contributed by atoms with E-state index in [1.807, 2.05) is 0 Å². The second-order valence-electron chi connectivity index (χ2n) is 3.25. The standard InChI is InChI=1S/C6H12O.C3H6N2O.C2H6O/c1-2-3-4-5-6-7;6-3-4-1-2-5-3;1-3-2/h6H,2-5H2,1H3;1-2H2,(H2,4,5,6);1-2H3. The molecule has 0 atom stereocenters. The lowest BCUT2D eigenvalue weighted by atomic mass is 10.2. The van der Waals surface area contributed by atoms with Gasteiger partial charge in [-0.2, -0.15) is 0 Å². The summed E-state index contributed by atoms with van der Waals surface area (Å²) in [5, 5.41) is 5.14. The highest BCUT2D eigenvalue weighted by atomic mass is 16.4. The number of amides is 2. The van der Waals surface area contributed by atoms with Crippen molar-refractivity contribution >= 4 is 12.3 Å². The third-order valence-corrected chi connectivity index (χ3v) is 1.62. The van der Waals surface area contributed by atoms with Crippen molar-refractivity contribution in [3.8, 4) is 0 Å². The smallest absolute Gasteiger partial charge is 0.314 e. The molecule has 0 aromatic heterocycles. The number of hydrogen-bond donors (Lipinski definition) is 2. The zero-order valence-corrected chi connectivity index (χ0v) is 10.5. The van der Waals surface area contributed by atoms with Crippen molar-refractivity contribution in [3.63, 3.8) is 0 Å². The first-order chi connectivity index (χ1) is 7.72. The van der Waals surface area contributed by atoms with Crippen LogP contribution in [0.1, 0.15) is 32.6 Å². The topological polar surface area (TPSA) is 67.4 Å². The molecule has 5 heteroatoms. The van der Waals surface area contributed by atoms with Gasteiger partial charge in [-0.05, 0) is 6.42 Å². The molecule has 16 heavy (non-hydrogen) atoms. The Kier molecular flexibility index (Phi) is 17.7. The Bertz CT molecular complexity index is 155. The van der Waals surface area contributed by atoms with Gasteiger partial charge in [0.15, 0.2) is 0 Å². The molecule has 96 valence electrons. The number of ether oxygens (including phenoxy) is 1. The van der Waals surface area contributed by atoms with Crippen LogP contribution in [0, 0.1) is 0 Å². The van der Waals surface area contributed by atoms with Crippen LogP contribution < -0.4 is 10.6 Å². The Morgan fingerprint density at radius 2 is 1.75 bits per heavy atom. The largest absolute Gasteiger partial charge is 0.388 e. The van der Waals surface area contributed by atoms with Crippen LogP contribution in [0.2, 0.25) is 0 Å². The van der Waals surface area contributed by atoms with Crippen LogP contribution in [-0.2, 0) is 9.53 Å². The van der Waals surface area contributed by atoms with E-state index < -0.39 is 0 Å². The number of urea groups is 1. The van der Waals surface area contributed by atoms with Crippen molar-refractivity contribution in [2.75, 3.05) is 27.3 Å². The van der Waals surface area contributed by atoms with Gasteiger partial charge >= 0.3 is 6.03 Å². The molecule has 1 saturated heterocycles. The van der Waals surface area contributed by atoms with E-state index in [9.17, 15) is 9.59 Å². The molecule has 0 bridgehead atoms. The molecule has 0 aromatic rings. The number of rotatable bonds is 4. The Morgan fingerprint density at radius 3 is 2.00 bits per heavy atom. The van der Waals surface area contributed by atoms with E-state index in [2.05, 4.69) is 22.3 Å². The summed E-state index contributed by atoms with van der Waals surface area (Å²) in [7, 11) is 3.25. The highest BCUT2D eigenvalue weighted by Gasteiger charge is 2.02. The molecule has 1 fully saturated rings. The number of hydrogen-bond acceptors (Lipinski definition) is 3. The summed E-state index contributed by atoms with van der Waals surface area (Å²) in [5.41, 5.74) is 0. The van der Waals surface area contributed by atoms with Crippen molar-refractivity contribution < 1.29 is 14.3 Å². The first-order valence-corrected chi connectivity index (χ1v) is 5.58. The zero-order chi connectivity index (χ0) is 12.6. The fraction of sp³-hybridized carbons (Fsp3) is 0.818. The van der Waals surface area contributed by atoms with Gasteiger partial charge in [0.2, 0.25) is 0 Å². The normalized spacial score (nSPS) is 12.3. The monoisotopic (exact) mass is 232 g/mol. The number of nitrogens with one attached hydrogen (secondary N) is 2. The molecule has 1 aliphatic rings. The van der Waals surface area contributed by atoms with Gasteiger partial charge in [-0.25, -0.2) is 4.79 Å². The minimum atomic E-state index is -0.0463. The third kappa shape index (κ3) is 18.6. The minimum absolute atomic E-state index is 0.0463. The van der Waals surface area contributed by atoms with E-state index in [4.69, 9.17) is 0 Å².